The fourth-order valence-corrected chi connectivity index (χ4v) is 0.989. The minimum absolute atomic E-state index is 0.0260. The average Bonchev–Trinajstić information content (AvgIpc) is 2.16. The first-order chi connectivity index (χ1) is 6.63. The molecule has 0 aliphatic heterocycles. The summed E-state index contributed by atoms with van der Waals surface area (Å²) < 4.78 is 17.6. The summed E-state index contributed by atoms with van der Waals surface area (Å²) in [6, 6.07) is 1.40. The molecule has 0 bridgehead atoms. The lowest BCUT2D eigenvalue weighted by Crippen LogP contribution is -2.00. The second-order valence-corrected chi connectivity index (χ2v) is 2.70. The van der Waals surface area contributed by atoms with Crippen molar-refractivity contribution in [2.45, 2.75) is 12.8 Å². The van der Waals surface area contributed by atoms with Crippen LogP contribution in [0.5, 0.6) is 5.75 Å². The standard InChI is InChI=1S/C9H10FNO3/c1-14-8-4-6(2-3-9(12)13)11-5-7(8)10/h4-5H,2-3H2,1H3,(H,12,13). The third-order valence-electron chi connectivity index (χ3n) is 1.69. The van der Waals surface area contributed by atoms with Gasteiger partial charge in [-0.15, -0.1) is 0 Å². The highest BCUT2D eigenvalue weighted by molar-refractivity contribution is 5.66. The van der Waals surface area contributed by atoms with E-state index in [1.165, 1.54) is 13.2 Å². The van der Waals surface area contributed by atoms with Gasteiger partial charge in [0.25, 0.3) is 0 Å². The lowest BCUT2D eigenvalue weighted by atomic mass is 10.2. The molecular formula is C9H10FNO3. The SMILES string of the molecule is COc1cc(CCC(=O)O)ncc1F. The molecule has 0 spiro atoms. The van der Waals surface area contributed by atoms with Crippen LogP contribution in [-0.2, 0) is 11.2 Å². The number of rotatable bonds is 4. The molecule has 0 saturated carbocycles. The molecule has 0 atom stereocenters. The zero-order chi connectivity index (χ0) is 10.6. The summed E-state index contributed by atoms with van der Waals surface area (Å²) in [6.45, 7) is 0. The summed E-state index contributed by atoms with van der Waals surface area (Å²) in [5, 5.41) is 8.42. The van der Waals surface area contributed by atoms with Crippen LogP contribution in [0.4, 0.5) is 4.39 Å². The molecule has 0 aliphatic rings. The van der Waals surface area contributed by atoms with Gasteiger partial charge in [0.2, 0.25) is 0 Å². The first-order valence-corrected chi connectivity index (χ1v) is 4.03. The second kappa shape index (κ2) is 4.55. The third kappa shape index (κ3) is 2.69. The quantitative estimate of drug-likeness (QED) is 0.792. The van der Waals surface area contributed by atoms with Gasteiger partial charge in [-0.3, -0.25) is 9.78 Å². The van der Waals surface area contributed by atoms with E-state index < -0.39 is 11.8 Å². The Hall–Kier alpha value is -1.65. The largest absolute Gasteiger partial charge is 0.494 e. The molecule has 1 aromatic heterocycles. The normalized spacial score (nSPS) is 9.86. The number of ether oxygens (including phenoxy) is 1. The molecule has 4 nitrogen and oxygen atoms in total. The molecule has 0 unspecified atom stereocenters. The predicted octanol–water partition coefficient (Wildman–Crippen LogP) is 1.25. The van der Waals surface area contributed by atoms with E-state index in [1.807, 2.05) is 0 Å². The van der Waals surface area contributed by atoms with Gasteiger partial charge in [-0.25, -0.2) is 4.39 Å². The van der Waals surface area contributed by atoms with E-state index in [0.717, 1.165) is 6.20 Å². The van der Waals surface area contributed by atoms with Crippen LogP contribution in [0.25, 0.3) is 0 Å². The molecule has 1 heterocycles. The Morgan fingerprint density at radius 1 is 1.71 bits per heavy atom. The molecule has 0 aromatic carbocycles. The first-order valence-electron chi connectivity index (χ1n) is 4.03. The second-order valence-electron chi connectivity index (χ2n) is 2.70. The highest BCUT2D eigenvalue weighted by Crippen LogP contribution is 2.16. The molecule has 1 rings (SSSR count). The molecule has 1 N–H and O–H groups in total. The molecule has 0 amide bonds. The van der Waals surface area contributed by atoms with Gasteiger partial charge in [-0.1, -0.05) is 0 Å². The van der Waals surface area contributed by atoms with Crippen molar-refractivity contribution in [3.8, 4) is 5.75 Å². The summed E-state index contributed by atoms with van der Waals surface area (Å²) in [5.41, 5.74) is 0.505. The van der Waals surface area contributed by atoms with Crippen LogP contribution in [0.1, 0.15) is 12.1 Å². The Morgan fingerprint density at radius 2 is 2.43 bits per heavy atom. The fraction of sp³-hybridized carbons (Fsp3) is 0.333. The van der Waals surface area contributed by atoms with Gasteiger partial charge in [0, 0.05) is 18.2 Å². The number of aromatic nitrogens is 1. The number of halogens is 1. The van der Waals surface area contributed by atoms with Crippen molar-refractivity contribution in [3.05, 3.63) is 23.8 Å². The van der Waals surface area contributed by atoms with E-state index >= 15 is 0 Å². The topological polar surface area (TPSA) is 59.4 Å². The number of carboxylic acid groups (broad SMARTS) is 1. The Kier molecular flexibility index (Phi) is 3.39. The first kappa shape index (κ1) is 10.4. The van der Waals surface area contributed by atoms with E-state index in [2.05, 4.69) is 4.98 Å². The Balaban J connectivity index is 2.74. The molecular weight excluding hydrogens is 189 g/mol. The molecule has 1 aromatic rings. The summed E-state index contributed by atoms with van der Waals surface area (Å²) in [4.78, 5) is 14.0. The lowest BCUT2D eigenvalue weighted by Gasteiger charge is -2.03. The smallest absolute Gasteiger partial charge is 0.303 e. The maximum absolute atomic E-state index is 12.9. The average molecular weight is 199 g/mol. The van der Waals surface area contributed by atoms with Crippen molar-refractivity contribution >= 4 is 5.97 Å². The van der Waals surface area contributed by atoms with Gasteiger partial charge in [0.1, 0.15) is 0 Å². The van der Waals surface area contributed by atoms with Crippen LogP contribution < -0.4 is 4.74 Å². The summed E-state index contributed by atoms with van der Waals surface area (Å²) in [7, 11) is 1.35. The van der Waals surface area contributed by atoms with Crippen LogP contribution in [0.2, 0.25) is 0 Å². The molecule has 0 aliphatic carbocycles. The number of carboxylic acids is 1. The van der Waals surface area contributed by atoms with Gasteiger partial charge in [-0.2, -0.15) is 0 Å². The molecule has 0 saturated heterocycles. The van der Waals surface area contributed by atoms with Gasteiger partial charge < -0.3 is 9.84 Å². The summed E-state index contributed by atoms with van der Waals surface area (Å²) >= 11 is 0. The molecule has 0 radical (unpaired) electrons. The summed E-state index contributed by atoms with van der Waals surface area (Å²) in [5.74, 6) is -1.37. The monoisotopic (exact) mass is 199 g/mol. The van der Waals surface area contributed by atoms with Crippen LogP contribution in [0, 0.1) is 5.82 Å². The number of aliphatic carboxylic acids is 1. The van der Waals surface area contributed by atoms with Gasteiger partial charge in [0.05, 0.1) is 19.7 Å². The number of pyridine rings is 1. The molecule has 5 heteroatoms. The Bertz CT molecular complexity index is 341. The van der Waals surface area contributed by atoms with Crippen LogP contribution >= 0.6 is 0 Å². The van der Waals surface area contributed by atoms with E-state index in [0.29, 0.717) is 5.69 Å². The number of hydrogen-bond donors (Lipinski definition) is 1. The number of nitrogens with zero attached hydrogens (tertiary/aromatic N) is 1. The lowest BCUT2D eigenvalue weighted by molar-refractivity contribution is -0.136. The number of methoxy groups -OCH3 is 1. The maximum Gasteiger partial charge on any atom is 0.303 e. The Morgan fingerprint density at radius 3 is 3.00 bits per heavy atom. The third-order valence-corrected chi connectivity index (χ3v) is 1.69. The predicted molar refractivity (Wildman–Crippen MR) is 46.7 cm³/mol. The van der Waals surface area contributed by atoms with Gasteiger partial charge in [-0.05, 0) is 0 Å². The van der Waals surface area contributed by atoms with Crippen LogP contribution in [0.3, 0.4) is 0 Å². The summed E-state index contributed by atoms with van der Waals surface area (Å²) in [6.07, 6.45) is 1.27. The number of aryl methyl sites for hydroxylation is 1. The van der Waals surface area contributed by atoms with Crippen molar-refractivity contribution < 1.29 is 19.0 Å². The number of hydrogen-bond acceptors (Lipinski definition) is 3. The molecule has 14 heavy (non-hydrogen) atoms. The number of carbonyl (C=O) groups is 1. The minimum atomic E-state index is -0.907. The van der Waals surface area contributed by atoms with Crippen LogP contribution in [-0.4, -0.2) is 23.2 Å². The molecule has 76 valence electrons. The van der Waals surface area contributed by atoms with E-state index in [4.69, 9.17) is 9.84 Å². The van der Waals surface area contributed by atoms with Crippen LogP contribution in [0.15, 0.2) is 12.3 Å². The van der Waals surface area contributed by atoms with Crippen molar-refractivity contribution in [1.29, 1.82) is 0 Å². The molecule has 0 fully saturated rings. The zero-order valence-corrected chi connectivity index (χ0v) is 7.66. The fourth-order valence-electron chi connectivity index (χ4n) is 0.989. The van der Waals surface area contributed by atoms with Gasteiger partial charge in [0.15, 0.2) is 11.6 Å². The van der Waals surface area contributed by atoms with Crippen molar-refractivity contribution in [1.82, 2.24) is 4.98 Å². The zero-order valence-electron chi connectivity index (χ0n) is 7.66. The van der Waals surface area contributed by atoms with Gasteiger partial charge >= 0.3 is 5.97 Å². The van der Waals surface area contributed by atoms with E-state index in [1.54, 1.807) is 0 Å². The maximum atomic E-state index is 12.9. The highest BCUT2D eigenvalue weighted by Gasteiger charge is 2.06. The van der Waals surface area contributed by atoms with E-state index in [9.17, 15) is 9.18 Å². The minimum Gasteiger partial charge on any atom is -0.494 e. The van der Waals surface area contributed by atoms with Crippen molar-refractivity contribution in [2.24, 2.45) is 0 Å². The van der Waals surface area contributed by atoms with E-state index in [-0.39, 0.29) is 18.6 Å². The van der Waals surface area contributed by atoms with Crippen molar-refractivity contribution in [3.63, 3.8) is 0 Å². The van der Waals surface area contributed by atoms with Crippen molar-refractivity contribution in [2.75, 3.05) is 7.11 Å². The highest BCUT2D eigenvalue weighted by atomic mass is 19.1. The Labute approximate surface area is 80.3 Å².